The summed E-state index contributed by atoms with van der Waals surface area (Å²) in [6, 6.07) is 22.3. The maximum Gasteiger partial charge on any atom is 0.137 e. The standard InChI is InChI=1S/C20H14N4/c21-11-14-6-8-19-18(10-14)20(24-13-23-19)22-12-15-5-7-16-3-1-2-4-17(16)9-15/h1-10,13H,12H2,(H,22,23,24). The minimum absolute atomic E-state index is 0.603. The molecule has 1 heterocycles. The maximum atomic E-state index is 9.09. The number of hydrogen-bond acceptors (Lipinski definition) is 4. The van der Waals surface area contributed by atoms with Gasteiger partial charge in [-0.15, -0.1) is 0 Å². The molecule has 0 radical (unpaired) electrons. The van der Waals surface area contributed by atoms with E-state index in [0.29, 0.717) is 12.1 Å². The first-order chi connectivity index (χ1) is 11.8. The van der Waals surface area contributed by atoms with Gasteiger partial charge in [-0.1, -0.05) is 36.4 Å². The van der Waals surface area contributed by atoms with Crippen LogP contribution in [0.2, 0.25) is 0 Å². The second-order valence-corrected chi connectivity index (χ2v) is 5.60. The van der Waals surface area contributed by atoms with E-state index in [1.54, 1.807) is 6.07 Å². The summed E-state index contributed by atoms with van der Waals surface area (Å²) >= 11 is 0. The number of nitrogens with one attached hydrogen (secondary N) is 1. The third-order valence-electron chi connectivity index (χ3n) is 4.04. The highest BCUT2D eigenvalue weighted by atomic mass is 15.0. The van der Waals surface area contributed by atoms with Crippen molar-refractivity contribution in [1.29, 1.82) is 5.26 Å². The summed E-state index contributed by atoms with van der Waals surface area (Å²) in [7, 11) is 0. The zero-order valence-corrected chi connectivity index (χ0v) is 12.9. The highest BCUT2D eigenvalue weighted by Gasteiger charge is 2.05. The van der Waals surface area contributed by atoms with Crippen LogP contribution in [-0.2, 0) is 6.54 Å². The van der Waals surface area contributed by atoms with E-state index in [1.165, 1.54) is 22.7 Å². The van der Waals surface area contributed by atoms with Gasteiger partial charge in [0.2, 0.25) is 0 Å². The number of anilines is 1. The van der Waals surface area contributed by atoms with Crippen molar-refractivity contribution in [2.24, 2.45) is 0 Å². The van der Waals surface area contributed by atoms with Crippen LogP contribution in [0.3, 0.4) is 0 Å². The fourth-order valence-electron chi connectivity index (χ4n) is 2.80. The molecule has 0 aliphatic rings. The van der Waals surface area contributed by atoms with Crippen molar-refractivity contribution in [3.63, 3.8) is 0 Å². The molecule has 0 aliphatic carbocycles. The van der Waals surface area contributed by atoms with Crippen LogP contribution < -0.4 is 5.32 Å². The van der Waals surface area contributed by atoms with Gasteiger partial charge in [-0.25, -0.2) is 9.97 Å². The van der Waals surface area contributed by atoms with Crippen molar-refractivity contribution in [2.45, 2.75) is 6.54 Å². The van der Waals surface area contributed by atoms with Crippen LogP contribution >= 0.6 is 0 Å². The second-order valence-electron chi connectivity index (χ2n) is 5.60. The lowest BCUT2D eigenvalue weighted by Crippen LogP contribution is -2.02. The molecule has 0 aliphatic heterocycles. The smallest absolute Gasteiger partial charge is 0.137 e. The summed E-state index contributed by atoms with van der Waals surface area (Å²) in [6.07, 6.45) is 1.54. The number of aromatic nitrogens is 2. The van der Waals surface area contributed by atoms with Gasteiger partial charge in [0.15, 0.2) is 0 Å². The van der Waals surface area contributed by atoms with Crippen LogP contribution in [0, 0.1) is 11.3 Å². The molecule has 0 atom stereocenters. The Morgan fingerprint density at radius 1 is 0.917 bits per heavy atom. The SMILES string of the molecule is N#Cc1ccc2ncnc(NCc3ccc4ccccc4c3)c2c1. The van der Waals surface area contributed by atoms with Crippen LogP contribution in [0.5, 0.6) is 0 Å². The monoisotopic (exact) mass is 310 g/mol. The molecule has 0 unspecified atom stereocenters. The average molecular weight is 310 g/mol. The number of fused-ring (bicyclic) bond motifs is 2. The molecule has 0 spiro atoms. The number of hydrogen-bond donors (Lipinski definition) is 1. The maximum absolute atomic E-state index is 9.09. The van der Waals surface area contributed by atoms with E-state index in [9.17, 15) is 0 Å². The zero-order chi connectivity index (χ0) is 16.4. The molecule has 4 rings (SSSR count). The average Bonchev–Trinajstić information content (AvgIpc) is 2.65. The van der Waals surface area contributed by atoms with Gasteiger partial charge in [0.25, 0.3) is 0 Å². The third-order valence-corrected chi connectivity index (χ3v) is 4.04. The topological polar surface area (TPSA) is 61.6 Å². The first kappa shape index (κ1) is 14.2. The van der Waals surface area contributed by atoms with Crippen LogP contribution in [-0.4, -0.2) is 9.97 Å². The highest BCUT2D eigenvalue weighted by Crippen LogP contribution is 2.22. The first-order valence-corrected chi connectivity index (χ1v) is 7.70. The molecule has 0 amide bonds. The Morgan fingerprint density at radius 3 is 2.67 bits per heavy atom. The van der Waals surface area contributed by atoms with Crippen molar-refractivity contribution in [3.05, 3.63) is 78.1 Å². The molecule has 0 saturated carbocycles. The molecule has 114 valence electrons. The molecule has 4 heteroatoms. The molecular formula is C20H14N4. The number of rotatable bonds is 3. The van der Waals surface area contributed by atoms with Gasteiger partial charge in [0.05, 0.1) is 17.1 Å². The predicted molar refractivity (Wildman–Crippen MR) is 95.5 cm³/mol. The summed E-state index contributed by atoms with van der Waals surface area (Å²) in [4.78, 5) is 8.58. The van der Waals surface area contributed by atoms with Crippen molar-refractivity contribution in [2.75, 3.05) is 5.32 Å². The molecular weight excluding hydrogens is 296 g/mol. The molecule has 4 aromatic rings. The number of nitriles is 1. The van der Waals surface area contributed by atoms with Gasteiger partial charge in [-0.05, 0) is 40.6 Å². The zero-order valence-electron chi connectivity index (χ0n) is 12.9. The van der Waals surface area contributed by atoms with E-state index < -0.39 is 0 Å². The van der Waals surface area contributed by atoms with E-state index >= 15 is 0 Å². The number of nitrogens with zero attached hydrogens (tertiary/aromatic N) is 3. The van der Waals surface area contributed by atoms with Gasteiger partial charge in [-0.3, -0.25) is 0 Å². The molecule has 0 fully saturated rings. The van der Waals surface area contributed by atoms with Crippen molar-refractivity contribution < 1.29 is 0 Å². The largest absolute Gasteiger partial charge is 0.365 e. The van der Waals surface area contributed by atoms with Crippen molar-refractivity contribution in [1.82, 2.24) is 9.97 Å². The normalized spacial score (nSPS) is 10.6. The summed E-state index contributed by atoms with van der Waals surface area (Å²) < 4.78 is 0. The third kappa shape index (κ3) is 2.64. The first-order valence-electron chi connectivity index (χ1n) is 7.70. The predicted octanol–water partition coefficient (Wildman–Crippen LogP) is 4.27. The van der Waals surface area contributed by atoms with E-state index in [1.807, 2.05) is 24.3 Å². The summed E-state index contributed by atoms with van der Waals surface area (Å²) in [5.74, 6) is 0.741. The molecule has 3 aromatic carbocycles. The van der Waals surface area contributed by atoms with Crippen molar-refractivity contribution in [3.8, 4) is 6.07 Å². The van der Waals surface area contributed by atoms with Crippen LogP contribution in [0.1, 0.15) is 11.1 Å². The fourth-order valence-corrected chi connectivity index (χ4v) is 2.80. The number of benzene rings is 3. The van der Waals surface area contributed by atoms with Gasteiger partial charge < -0.3 is 5.32 Å². The lowest BCUT2D eigenvalue weighted by atomic mass is 10.1. The Labute approximate surface area is 139 Å². The van der Waals surface area contributed by atoms with E-state index in [-0.39, 0.29) is 0 Å². The summed E-state index contributed by atoms with van der Waals surface area (Å²) in [5, 5.41) is 15.8. The molecule has 4 nitrogen and oxygen atoms in total. The van der Waals surface area contributed by atoms with Crippen molar-refractivity contribution >= 4 is 27.5 Å². The molecule has 0 saturated heterocycles. The quantitative estimate of drug-likeness (QED) is 0.614. The Bertz CT molecular complexity index is 1080. The summed E-state index contributed by atoms with van der Waals surface area (Å²) in [6.45, 7) is 0.660. The minimum Gasteiger partial charge on any atom is -0.365 e. The van der Waals surface area contributed by atoms with Crippen LogP contribution in [0.4, 0.5) is 5.82 Å². The fraction of sp³-hybridized carbons (Fsp3) is 0.0500. The minimum atomic E-state index is 0.603. The van der Waals surface area contributed by atoms with E-state index in [4.69, 9.17) is 5.26 Å². The molecule has 24 heavy (non-hydrogen) atoms. The van der Waals surface area contributed by atoms with Gasteiger partial charge in [0.1, 0.15) is 12.1 Å². The Kier molecular flexibility index (Phi) is 3.53. The summed E-state index contributed by atoms with van der Waals surface area (Å²) in [5.41, 5.74) is 2.60. The second kappa shape index (κ2) is 5.98. The van der Waals surface area contributed by atoms with Crippen LogP contribution in [0.25, 0.3) is 21.7 Å². The highest BCUT2D eigenvalue weighted by molar-refractivity contribution is 5.90. The van der Waals surface area contributed by atoms with E-state index in [0.717, 1.165) is 16.7 Å². The lowest BCUT2D eigenvalue weighted by Gasteiger charge is -2.09. The Balaban J connectivity index is 1.65. The van der Waals surface area contributed by atoms with Gasteiger partial charge in [-0.2, -0.15) is 5.26 Å². The van der Waals surface area contributed by atoms with Crippen LogP contribution in [0.15, 0.2) is 67.0 Å². The Morgan fingerprint density at radius 2 is 1.79 bits per heavy atom. The molecule has 1 N–H and O–H groups in total. The lowest BCUT2D eigenvalue weighted by molar-refractivity contribution is 1.11. The molecule has 0 bridgehead atoms. The van der Waals surface area contributed by atoms with Gasteiger partial charge in [0, 0.05) is 11.9 Å². The Hall–Kier alpha value is -3.45. The van der Waals surface area contributed by atoms with E-state index in [2.05, 4.69) is 51.7 Å². The molecule has 1 aromatic heterocycles. The van der Waals surface area contributed by atoms with Gasteiger partial charge >= 0.3 is 0 Å².